The number of amides is 3. The number of likely N-dealkylation sites (N-methyl/N-ethyl adjacent to an activating group) is 1. The van der Waals surface area contributed by atoms with Gasteiger partial charge in [0.1, 0.15) is 11.9 Å². The summed E-state index contributed by atoms with van der Waals surface area (Å²) in [6.07, 6.45) is 0. The molecule has 0 aliphatic rings. The van der Waals surface area contributed by atoms with E-state index in [-0.39, 0.29) is 5.91 Å². The van der Waals surface area contributed by atoms with Crippen molar-refractivity contribution < 1.29 is 18.8 Å². The van der Waals surface area contributed by atoms with E-state index < -0.39 is 23.7 Å². The summed E-state index contributed by atoms with van der Waals surface area (Å²) in [7, 11) is 1.44. The molecule has 0 aliphatic heterocycles. The number of hydrogen-bond acceptors (Lipinski definition) is 4. The van der Waals surface area contributed by atoms with Gasteiger partial charge in [-0.1, -0.05) is 30.3 Å². The smallest absolute Gasteiger partial charge is 0.261 e. The van der Waals surface area contributed by atoms with E-state index in [0.717, 1.165) is 5.56 Å². The summed E-state index contributed by atoms with van der Waals surface area (Å²) in [6.45, 7) is 0.314. The minimum atomic E-state index is -1.10. The van der Waals surface area contributed by atoms with E-state index in [1.807, 2.05) is 5.38 Å². The van der Waals surface area contributed by atoms with Crippen LogP contribution in [0.25, 0.3) is 0 Å². The SMILES string of the molecule is CN(C(=O)c1ccc(CNC(=O)c2cccs2)cc1)C(C(N)=O)c1cccc(F)c1. The maximum Gasteiger partial charge on any atom is 0.261 e. The lowest BCUT2D eigenvalue weighted by Crippen LogP contribution is -2.39. The van der Waals surface area contributed by atoms with Crippen LogP contribution in [0.4, 0.5) is 4.39 Å². The van der Waals surface area contributed by atoms with Crippen molar-refractivity contribution in [2.45, 2.75) is 12.6 Å². The Hall–Kier alpha value is -3.52. The molecule has 1 aromatic heterocycles. The van der Waals surface area contributed by atoms with Crippen molar-refractivity contribution in [1.29, 1.82) is 0 Å². The molecule has 8 heteroatoms. The summed E-state index contributed by atoms with van der Waals surface area (Å²) in [4.78, 5) is 38.6. The Morgan fingerprint density at radius 3 is 2.43 bits per heavy atom. The first-order valence-corrected chi connectivity index (χ1v) is 9.97. The van der Waals surface area contributed by atoms with Gasteiger partial charge in [-0.2, -0.15) is 0 Å². The highest BCUT2D eigenvalue weighted by Crippen LogP contribution is 2.22. The molecule has 0 fully saturated rings. The first kappa shape index (κ1) is 21.2. The maximum absolute atomic E-state index is 13.6. The van der Waals surface area contributed by atoms with Gasteiger partial charge < -0.3 is 16.0 Å². The zero-order valence-electron chi connectivity index (χ0n) is 16.2. The number of hydrogen-bond donors (Lipinski definition) is 2. The second-order valence-corrected chi connectivity index (χ2v) is 7.58. The molecular weight excluding hydrogens is 405 g/mol. The average molecular weight is 425 g/mol. The Morgan fingerprint density at radius 2 is 1.83 bits per heavy atom. The van der Waals surface area contributed by atoms with Crippen molar-refractivity contribution in [3.8, 4) is 0 Å². The molecule has 3 rings (SSSR count). The monoisotopic (exact) mass is 425 g/mol. The van der Waals surface area contributed by atoms with Gasteiger partial charge in [0.2, 0.25) is 5.91 Å². The molecule has 154 valence electrons. The molecule has 0 saturated heterocycles. The van der Waals surface area contributed by atoms with Crippen molar-refractivity contribution in [1.82, 2.24) is 10.2 Å². The molecule has 3 amide bonds. The lowest BCUT2D eigenvalue weighted by molar-refractivity contribution is -0.122. The van der Waals surface area contributed by atoms with Crippen LogP contribution < -0.4 is 11.1 Å². The van der Waals surface area contributed by atoms with E-state index in [0.29, 0.717) is 22.5 Å². The highest BCUT2D eigenvalue weighted by Gasteiger charge is 2.27. The van der Waals surface area contributed by atoms with Crippen molar-refractivity contribution in [2.75, 3.05) is 7.05 Å². The summed E-state index contributed by atoms with van der Waals surface area (Å²) in [5.74, 6) is -1.88. The molecule has 3 N–H and O–H groups in total. The van der Waals surface area contributed by atoms with Crippen LogP contribution in [0.2, 0.25) is 0 Å². The molecular formula is C22H20FN3O3S. The van der Waals surface area contributed by atoms with E-state index in [1.54, 1.807) is 42.5 Å². The van der Waals surface area contributed by atoms with Crippen LogP contribution in [-0.4, -0.2) is 29.7 Å². The topological polar surface area (TPSA) is 92.5 Å². The summed E-state index contributed by atoms with van der Waals surface area (Å²) < 4.78 is 13.6. The highest BCUT2D eigenvalue weighted by molar-refractivity contribution is 7.12. The quantitative estimate of drug-likeness (QED) is 0.609. The molecule has 1 heterocycles. The van der Waals surface area contributed by atoms with Crippen LogP contribution in [0.15, 0.2) is 66.0 Å². The highest BCUT2D eigenvalue weighted by atomic mass is 32.1. The van der Waals surface area contributed by atoms with Crippen LogP contribution in [0.3, 0.4) is 0 Å². The third-order valence-electron chi connectivity index (χ3n) is 4.54. The number of carbonyl (C=O) groups is 3. The van der Waals surface area contributed by atoms with Gasteiger partial charge in [0.25, 0.3) is 11.8 Å². The Kier molecular flexibility index (Phi) is 6.58. The molecule has 0 radical (unpaired) electrons. The predicted octanol–water partition coefficient (Wildman–Crippen LogP) is 3.12. The van der Waals surface area contributed by atoms with Gasteiger partial charge in [-0.3, -0.25) is 14.4 Å². The number of thiophene rings is 1. The zero-order chi connectivity index (χ0) is 21.7. The number of primary amides is 1. The third-order valence-corrected chi connectivity index (χ3v) is 5.41. The largest absolute Gasteiger partial charge is 0.368 e. The molecule has 0 aliphatic carbocycles. The lowest BCUT2D eigenvalue weighted by atomic mass is 10.0. The molecule has 0 bridgehead atoms. The first-order valence-electron chi connectivity index (χ1n) is 9.09. The Morgan fingerprint density at radius 1 is 1.10 bits per heavy atom. The fourth-order valence-electron chi connectivity index (χ4n) is 3.02. The fraction of sp³-hybridized carbons (Fsp3) is 0.136. The molecule has 0 spiro atoms. The average Bonchev–Trinajstić information content (AvgIpc) is 3.27. The summed E-state index contributed by atoms with van der Waals surface area (Å²) in [5.41, 5.74) is 6.93. The third kappa shape index (κ3) is 4.90. The molecule has 6 nitrogen and oxygen atoms in total. The summed E-state index contributed by atoms with van der Waals surface area (Å²) in [6, 6.07) is 14.5. The number of nitrogens with zero attached hydrogens (tertiary/aromatic N) is 1. The molecule has 2 aromatic carbocycles. The number of rotatable bonds is 7. The second-order valence-electron chi connectivity index (χ2n) is 6.63. The Balaban J connectivity index is 1.69. The Labute approximate surface area is 177 Å². The normalized spacial score (nSPS) is 11.5. The predicted molar refractivity (Wildman–Crippen MR) is 112 cm³/mol. The summed E-state index contributed by atoms with van der Waals surface area (Å²) in [5, 5.41) is 4.64. The lowest BCUT2D eigenvalue weighted by Gasteiger charge is -2.26. The van der Waals surface area contributed by atoms with Crippen molar-refractivity contribution >= 4 is 29.1 Å². The van der Waals surface area contributed by atoms with Gasteiger partial charge >= 0.3 is 0 Å². The Bertz CT molecular complexity index is 1050. The van der Waals surface area contributed by atoms with Crippen LogP contribution in [0, 0.1) is 5.82 Å². The minimum absolute atomic E-state index is 0.163. The zero-order valence-corrected chi connectivity index (χ0v) is 17.0. The number of halogens is 1. The number of nitrogens with one attached hydrogen (secondary N) is 1. The van der Waals surface area contributed by atoms with Crippen LogP contribution in [0.5, 0.6) is 0 Å². The van der Waals surface area contributed by atoms with Crippen molar-refractivity contribution in [2.24, 2.45) is 5.73 Å². The summed E-state index contributed by atoms with van der Waals surface area (Å²) >= 11 is 1.36. The van der Waals surface area contributed by atoms with Crippen LogP contribution in [0.1, 0.15) is 37.2 Å². The van der Waals surface area contributed by atoms with Gasteiger partial charge in [0.05, 0.1) is 4.88 Å². The van der Waals surface area contributed by atoms with E-state index >= 15 is 0 Å². The van der Waals surface area contributed by atoms with Crippen molar-refractivity contribution in [3.05, 3.63) is 93.4 Å². The van der Waals surface area contributed by atoms with E-state index in [2.05, 4.69) is 5.32 Å². The van der Waals surface area contributed by atoms with Crippen LogP contribution in [-0.2, 0) is 11.3 Å². The van der Waals surface area contributed by atoms with Gasteiger partial charge in [0, 0.05) is 19.2 Å². The maximum atomic E-state index is 13.6. The molecule has 30 heavy (non-hydrogen) atoms. The van der Waals surface area contributed by atoms with E-state index in [4.69, 9.17) is 5.73 Å². The van der Waals surface area contributed by atoms with E-state index in [1.165, 1.54) is 41.5 Å². The number of nitrogens with two attached hydrogens (primary N) is 1. The van der Waals surface area contributed by atoms with E-state index in [9.17, 15) is 18.8 Å². The second kappa shape index (κ2) is 9.32. The van der Waals surface area contributed by atoms with Gasteiger partial charge in [-0.05, 0) is 46.8 Å². The van der Waals surface area contributed by atoms with Gasteiger partial charge in [0.15, 0.2) is 0 Å². The molecule has 1 atom stereocenters. The standard InChI is InChI=1S/C22H20FN3O3S/c1-26(19(20(24)27)16-4-2-5-17(23)12-16)22(29)15-9-7-14(8-10-15)13-25-21(28)18-6-3-11-30-18/h2-12,19H,13H2,1H3,(H2,24,27)(H,25,28). The fourth-order valence-corrected chi connectivity index (χ4v) is 3.66. The molecule has 1 unspecified atom stereocenters. The van der Waals surface area contributed by atoms with Crippen LogP contribution >= 0.6 is 11.3 Å². The number of benzene rings is 2. The van der Waals surface area contributed by atoms with Gasteiger partial charge in [-0.15, -0.1) is 11.3 Å². The molecule has 0 saturated carbocycles. The van der Waals surface area contributed by atoms with Crippen molar-refractivity contribution in [3.63, 3.8) is 0 Å². The minimum Gasteiger partial charge on any atom is -0.368 e. The number of carbonyl (C=O) groups excluding carboxylic acids is 3. The molecule has 3 aromatic rings. The van der Waals surface area contributed by atoms with Gasteiger partial charge in [-0.25, -0.2) is 4.39 Å². The first-order chi connectivity index (χ1) is 14.4.